The first-order valence-corrected chi connectivity index (χ1v) is 9.62. The van der Waals surface area contributed by atoms with Gasteiger partial charge in [-0.25, -0.2) is 0 Å². The van der Waals surface area contributed by atoms with Gasteiger partial charge in [-0.1, -0.05) is 0 Å². The Labute approximate surface area is 165 Å². The first-order chi connectivity index (χ1) is 13.3. The number of carbonyl (C=O) groups excluding carboxylic acids is 2. The Balaban J connectivity index is 1.76. The zero-order valence-corrected chi connectivity index (χ0v) is 16.7. The molecule has 1 saturated heterocycles. The van der Waals surface area contributed by atoms with Gasteiger partial charge < -0.3 is 23.4 Å². The van der Waals surface area contributed by atoms with Gasteiger partial charge in [0, 0.05) is 18.7 Å². The minimum absolute atomic E-state index is 0.0165. The van der Waals surface area contributed by atoms with E-state index in [1.54, 1.807) is 34.3 Å². The highest BCUT2D eigenvalue weighted by molar-refractivity contribution is 5.94. The molecule has 3 rings (SSSR count). The molecule has 28 heavy (non-hydrogen) atoms. The molecule has 3 heterocycles. The van der Waals surface area contributed by atoms with Crippen LogP contribution in [-0.4, -0.2) is 53.0 Å². The Morgan fingerprint density at radius 2 is 1.89 bits per heavy atom. The Bertz CT molecular complexity index is 755. The molecule has 152 valence electrons. The summed E-state index contributed by atoms with van der Waals surface area (Å²) in [6.45, 7) is 7.20. The molecule has 2 amide bonds. The molecule has 2 aromatic rings. The summed E-state index contributed by atoms with van der Waals surface area (Å²) in [5, 5.41) is 0. The molecular formula is C21H28N2O5. The molecule has 0 N–H and O–H groups in total. The lowest BCUT2D eigenvalue weighted by molar-refractivity contribution is -0.135. The number of ether oxygens (including phenoxy) is 1. The van der Waals surface area contributed by atoms with E-state index in [9.17, 15) is 9.59 Å². The van der Waals surface area contributed by atoms with Crippen molar-refractivity contribution in [2.24, 2.45) is 0 Å². The van der Waals surface area contributed by atoms with Crippen molar-refractivity contribution in [1.29, 1.82) is 0 Å². The van der Waals surface area contributed by atoms with Gasteiger partial charge in [-0.3, -0.25) is 9.59 Å². The van der Waals surface area contributed by atoms with Crippen LogP contribution in [0, 0.1) is 0 Å². The van der Waals surface area contributed by atoms with Crippen LogP contribution in [-0.2, 0) is 16.1 Å². The van der Waals surface area contributed by atoms with Gasteiger partial charge in [0.05, 0.1) is 25.2 Å². The maximum absolute atomic E-state index is 13.2. The summed E-state index contributed by atoms with van der Waals surface area (Å²) >= 11 is 0. The van der Waals surface area contributed by atoms with Gasteiger partial charge in [0.25, 0.3) is 5.91 Å². The molecule has 1 atom stereocenters. The second-order valence-electron chi connectivity index (χ2n) is 8.03. The van der Waals surface area contributed by atoms with E-state index in [4.69, 9.17) is 13.6 Å². The van der Waals surface area contributed by atoms with E-state index in [1.807, 2.05) is 26.8 Å². The SMILES string of the molecule is CC(C)(C)N(CC(=O)N(Cc1ccco1)C[C@H]1CCCO1)C(=O)c1ccco1. The Hall–Kier alpha value is -2.54. The van der Waals surface area contributed by atoms with Crippen molar-refractivity contribution in [1.82, 2.24) is 9.80 Å². The van der Waals surface area contributed by atoms with Crippen LogP contribution in [0.1, 0.15) is 49.9 Å². The van der Waals surface area contributed by atoms with Crippen LogP contribution in [0.5, 0.6) is 0 Å². The van der Waals surface area contributed by atoms with Crippen molar-refractivity contribution < 1.29 is 23.2 Å². The molecular weight excluding hydrogens is 360 g/mol. The third kappa shape index (κ3) is 5.04. The highest BCUT2D eigenvalue weighted by Gasteiger charge is 2.33. The minimum Gasteiger partial charge on any atom is -0.467 e. The molecule has 0 unspecified atom stereocenters. The number of rotatable bonds is 7. The first-order valence-electron chi connectivity index (χ1n) is 9.62. The van der Waals surface area contributed by atoms with Gasteiger partial charge in [0.1, 0.15) is 12.3 Å². The van der Waals surface area contributed by atoms with Gasteiger partial charge in [-0.05, 0) is 57.9 Å². The fraction of sp³-hybridized carbons (Fsp3) is 0.524. The summed E-state index contributed by atoms with van der Waals surface area (Å²) in [6, 6.07) is 6.91. The highest BCUT2D eigenvalue weighted by Crippen LogP contribution is 2.20. The Morgan fingerprint density at radius 3 is 2.46 bits per heavy atom. The van der Waals surface area contributed by atoms with E-state index >= 15 is 0 Å². The second-order valence-corrected chi connectivity index (χ2v) is 8.03. The Kier molecular flexibility index (Phi) is 6.24. The second kappa shape index (κ2) is 8.65. The fourth-order valence-corrected chi connectivity index (χ4v) is 3.26. The van der Waals surface area contributed by atoms with Gasteiger partial charge >= 0.3 is 0 Å². The van der Waals surface area contributed by atoms with E-state index in [0.717, 1.165) is 19.4 Å². The molecule has 0 radical (unpaired) electrons. The van der Waals surface area contributed by atoms with Crippen molar-refractivity contribution in [3.05, 3.63) is 48.3 Å². The summed E-state index contributed by atoms with van der Waals surface area (Å²) in [5.41, 5.74) is -0.542. The van der Waals surface area contributed by atoms with Crippen LogP contribution in [0.2, 0.25) is 0 Å². The van der Waals surface area contributed by atoms with Gasteiger partial charge in [0.2, 0.25) is 5.91 Å². The average Bonchev–Trinajstić information content (AvgIpc) is 3.40. The normalized spacial score (nSPS) is 16.9. The van der Waals surface area contributed by atoms with Crippen LogP contribution < -0.4 is 0 Å². The zero-order valence-electron chi connectivity index (χ0n) is 16.7. The molecule has 0 spiro atoms. The lowest BCUT2D eigenvalue weighted by Crippen LogP contribution is -2.51. The first kappa shape index (κ1) is 20.2. The Morgan fingerprint density at radius 1 is 1.14 bits per heavy atom. The zero-order chi connectivity index (χ0) is 20.1. The van der Waals surface area contributed by atoms with Crippen LogP contribution >= 0.6 is 0 Å². The number of hydrogen-bond donors (Lipinski definition) is 0. The van der Waals surface area contributed by atoms with E-state index in [0.29, 0.717) is 18.8 Å². The monoisotopic (exact) mass is 388 g/mol. The van der Waals surface area contributed by atoms with Crippen molar-refractivity contribution in [2.45, 2.75) is 51.8 Å². The molecule has 7 nitrogen and oxygen atoms in total. The van der Waals surface area contributed by atoms with Gasteiger partial charge in [-0.2, -0.15) is 0 Å². The third-order valence-corrected chi connectivity index (χ3v) is 4.81. The molecule has 1 aliphatic rings. The van der Waals surface area contributed by atoms with Crippen molar-refractivity contribution in [2.75, 3.05) is 19.7 Å². The number of hydrogen-bond acceptors (Lipinski definition) is 5. The number of amides is 2. The van der Waals surface area contributed by atoms with Crippen LogP contribution in [0.3, 0.4) is 0 Å². The number of nitrogens with zero attached hydrogens (tertiary/aromatic N) is 2. The van der Waals surface area contributed by atoms with Crippen LogP contribution in [0.25, 0.3) is 0 Å². The molecule has 7 heteroatoms. The lowest BCUT2D eigenvalue weighted by Gasteiger charge is -2.36. The number of furan rings is 2. The van der Waals surface area contributed by atoms with E-state index < -0.39 is 5.54 Å². The molecule has 0 bridgehead atoms. The summed E-state index contributed by atoms with van der Waals surface area (Å²) < 4.78 is 16.4. The predicted molar refractivity (Wildman–Crippen MR) is 103 cm³/mol. The molecule has 0 aromatic carbocycles. The lowest BCUT2D eigenvalue weighted by atomic mass is 10.1. The summed E-state index contributed by atoms with van der Waals surface area (Å²) in [6.07, 6.45) is 4.99. The molecule has 1 fully saturated rings. The standard InChI is InChI=1S/C21H28N2O5/c1-21(2,3)23(20(25)18-9-6-12-28-18)15-19(24)22(13-16-7-4-10-26-16)14-17-8-5-11-27-17/h4,6-7,9-10,12,17H,5,8,11,13-15H2,1-3H3/t17-/m1/s1. The average molecular weight is 388 g/mol. The van der Waals surface area contributed by atoms with Crippen molar-refractivity contribution in [3.8, 4) is 0 Å². The third-order valence-electron chi connectivity index (χ3n) is 4.81. The summed E-state index contributed by atoms with van der Waals surface area (Å²) in [5.74, 6) is 0.466. The van der Waals surface area contributed by atoms with Crippen molar-refractivity contribution >= 4 is 11.8 Å². The molecule has 2 aromatic heterocycles. The van der Waals surface area contributed by atoms with Gasteiger partial charge in [-0.15, -0.1) is 0 Å². The number of carbonyl (C=O) groups is 2. The van der Waals surface area contributed by atoms with E-state index in [-0.39, 0.29) is 30.2 Å². The largest absolute Gasteiger partial charge is 0.467 e. The molecule has 0 saturated carbocycles. The van der Waals surface area contributed by atoms with Crippen LogP contribution in [0.4, 0.5) is 0 Å². The minimum atomic E-state index is -0.542. The van der Waals surface area contributed by atoms with Gasteiger partial charge in [0.15, 0.2) is 5.76 Å². The van der Waals surface area contributed by atoms with E-state index in [1.165, 1.54) is 6.26 Å². The topological polar surface area (TPSA) is 76.1 Å². The fourth-order valence-electron chi connectivity index (χ4n) is 3.26. The quantitative estimate of drug-likeness (QED) is 0.727. The maximum atomic E-state index is 13.2. The molecule has 1 aliphatic heterocycles. The van der Waals surface area contributed by atoms with E-state index in [2.05, 4.69) is 0 Å². The highest BCUT2D eigenvalue weighted by atomic mass is 16.5. The van der Waals surface area contributed by atoms with Crippen molar-refractivity contribution in [3.63, 3.8) is 0 Å². The maximum Gasteiger partial charge on any atom is 0.290 e. The predicted octanol–water partition coefficient (Wildman–Crippen LogP) is 3.32. The smallest absolute Gasteiger partial charge is 0.290 e. The summed E-state index contributed by atoms with van der Waals surface area (Å²) in [7, 11) is 0. The summed E-state index contributed by atoms with van der Waals surface area (Å²) in [4.78, 5) is 29.3. The molecule has 0 aliphatic carbocycles. The van der Waals surface area contributed by atoms with Crippen LogP contribution in [0.15, 0.2) is 45.6 Å².